The fraction of sp³-hybridized carbons (Fsp3) is 0.364. The summed E-state index contributed by atoms with van der Waals surface area (Å²) >= 11 is 5.86. The molecule has 0 saturated heterocycles. The second kappa shape index (κ2) is 6.71. The number of halogens is 5. The van der Waals surface area contributed by atoms with Crippen LogP contribution in [-0.2, 0) is 4.79 Å². The predicted octanol–water partition coefficient (Wildman–Crippen LogP) is 2.77. The first-order valence-corrected chi connectivity index (χ1v) is 7.02. The first-order chi connectivity index (χ1) is 8.81. The molecule has 0 saturated carbocycles. The van der Waals surface area contributed by atoms with Crippen molar-refractivity contribution in [2.75, 3.05) is 11.9 Å². The summed E-state index contributed by atoms with van der Waals surface area (Å²) in [7, 11) is 0. The highest BCUT2D eigenvalue weighted by molar-refractivity contribution is 9.10. The second-order valence-electron chi connectivity index (χ2n) is 3.72. The van der Waals surface area contributed by atoms with Gasteiger partial charge < -0.3 is 10.4 Å². The topological polar surface area (TPSA) is 49.3 Å². The summed E-state index contributed by atoms with van der Waals surface area (Å²) in [4.78, 5) is 11.2. The van der Waals surface area contributed by atoms with Crippen LogP contribution in [0.3, 0.4) is 0 Å². The largest absolute Gasteiger partial charge is 0.390 e. The first kappa shape index (κ1) is 16.5. The van der Waals surface area contributed by atoms with Crippen LogP contribution in [0, 0.1) is 5.82 Å². The number of carbonyl (C=O) groups is 1. The van der Waals surface area contributed by atoms with Gasteiger partial charge in [0.05, 0.1) is 5.33 Å². The number of aliphatic hydroxyl groups is 1. The van der Waals surface area contributed by atoms with Crippen LogP contribution < -0.4 is 5.32 Å². The molecule has 8 heteroatoms. The van der Waals surface area contributed by atoms with E-state index in [1.54, 1.807) is 0 Å². The van der Waals surface area contributed by atoms with Crippen LogP contribution >= 0.6 is 31.9 Å². The summed E-state index contributed by atoms with van der Waals surface area (Å²) in [6.07, 6.45) is 0. The smallest absolute Gasteiger partial charge is 0.294 e. The lowest BCUT2D eigenvalue weighted by Crippen LogP contribution is -2.43. The van der Waals surface area contributed by atoms with Gasteiger partial charge in [-0.25, -0.2) is 13.2 Å². The number of rotatable bonds is 5. The Labute approximate surface area is 124 Å². The molecule has 0 spiro atoms. The lowest BCUT2D eigenvalue weighted by Gasteiger charge is -2.27. The number of alkyl halides is 3. The number of amides is 1. The Bertz CT molecular complexity index is 471. The highest BCUT2D eigenvalue weighted by atomic mass is 79.9. The number of hydrogen-bond donors (Lipinski definition) is 2. The molecule has 0 aromatic heterocycles. The zero-order chi connectivity index (χ0) is 14.6. The molecular weight excluding hydrogens is 395 g/mol. The van der Waals surface area contributed by atoms with Gasteiger partial charge in [-0.05, 0) is 18.2 Å². The summed E-state index contributed by atoms with van der Waals surface area (Å²) in [5.41, 5.74) is -0.400. The summed E-state index contributed by atoms with van der Waals surface area (Å²) < 4.78 is 41.3. The highest BCUT2D eigenvalue weighted by Gasteiger charge is 2.42. The Morgan fingerprint density at radius 3 is 2.63 bits per heavy atom. The van der Waals surface area contributed by atoms with E-state index in [9.17, 15) is 18.0 Å². The molecule has 1 unspecified atom stereocenters. The molecule has 1 aromatic rings. The monoisotopic (exact) mass is 403 g/mol. The molecule has 1 rings (SSSR count). The van der Waals surface area contributed by atoms with Gasteiger partial charge in [0.1, 0.15) is 18.5 Å². The van der Waals surface area contributed by atoms with Gasteiger partial charge in [-0.1, -0.05) is 31.9 Å². The van der Waals surface area contributed by atoms with Gasteiger partial charge >= 0.3 is 0 Å². The van der Waals surface area contributed by atoms with Gasteiger partial charge in [-0.2, -0.15) is 0 Å². The van der Waals surface area contributed by atoms with Crippen molar-refractivity contribution in [2.45, 2.75) is 12.0 Å². The maximum absolute atomic E-state index is 13.6. The number of aliphatic hydroxyl groups excluding tert-OH is 1. The van der Waals surface area contributed by atoms with Crippen LogP contribution in [0.5, 0.6) is 0 Å². The molecule has 1 atom stereocenters. The Hall–Kier alpha value is -0.600. The van der Waals surface area contributed by atoms with Crippen molar-refractivity contribution in [3.05, 3.63) is 34.1 Å². The molecule has 0 radical (unpaired) electrons. The quantitative estimate of drug-likeness (QED) is 0.741. The summed E-state index contributed by atoms with van der Waals surface area (Å²) in [6.45, 7) is -1.51. The molecule has 0 aliphatic rings. The summed E-state index contributed by atoms with van der Waals surface area (Å²) in [5, 5.41) is 10.5. The van der Waals surface area contributed by atoms with Crippen LogP contribution in [0.4, 0.5) is 13.2 Å². The molecule has 19 heavy (non-hydrogen) atoms. The minimum atomic E-state index is -3.68. The molecule has 0 heterocycles. The van der Waals surface area contributed by atoms with E-state index in [0.717, 1.165) is 12.1 Å². The third-order valence-electron chi connectivity index (χ3n) is 2.33. The number of nitrogens with one attached hydrogen (secondary N) is 1. The SMILES string of the molecule is O=C(CBr)NC(c1cc(Br)ccc1F)C(F)(F)CO. The van der Waals surface area contributed by atoms with E-state index in [4.69, 9.17) is 5.11 Å². The van der Waals surface area contributed by atoms with Crippen molar-refractivity contribution in [1.82, 2.24) is 5.32 Å². The molecule has 106 valence electrons. The number of benzene rings is 1. The average Bonchev–Trinajstić information content (AvgIpc) is 2.38. The van der Waals surface area contributed by atoms with Crippen molar-refractivity contribution in [2.24, 2.45) is 0 Å². The maximum Gasteiger partial charge on any atom is 0.294 e. The van der Waals surface area contributed by atoms with Crippen molar-refractivity contribution in [3.8, 4) is 0 Å². The second-order valence-corrected chi connectivity index (χ2v) is 5.20. The third kappa shape index (κ3) is 4.19. The molecule has 0 aliphatic carbocycles. The molecule has 1 amide bonds. The van der Waals surface area contributed by atoms with Crippen molar-refractivity contribution < 1.29 is 23.1 Å². The van der Waals surface area contributed by atoms with Gasteiger partial charge in [0, 0.05) is 10.0 Å². The van der Waals surface area contributed by atoms with Gasteiger partial charge in [-0.15, -0.1) is 0 Å². The van der Waals surface area contributed by atoms with Gasteiger partial charge in [0.2, 0.25) is 5.91 Å². The Kier molecular flexibility index (Phi) is 5.82. The van der Waals surface area contributed by atoms with E-state index in [1.165, 1.54) is 6.07 Å². The van der Waals surface area contributed by atoms with Gasteiger partial charge in [-0.3, -0.25) is 4.79 Å². The zero-order valence-electron chi connectivity index (χ0n) is 9.47. The van der Waals surface area contributed by atoms with E-state index in [2.05, 4.69) is 31.9 Å². The lowest BCUT2D eigenvalue weighted by atomic mass is 10.00. The Morgan fingerprint density at radius 2 is 2.11 bits per heavy atom. The van der Waals surface area contributed by atoms with E-state index >= 15 is 0 Å². The highest BCUT2D eigenvalue weighted by Crippen LogP contribution is 2.33. The van der Waals surface area contributed by atoms with Gasteiger partial charge in [0.15, 0.2) is 0 Å². The predicted molar refractivity (Wildman–Crippen MR) is 70.8 cm³/mol. The van der Waals surface area contributed by atoms with Crippen molar-refractivity contribution >= 4 is 37.8 Å². The van der Waals surface area contributed by atoms with E-state index in [1.807, 2.05) is 5.32 Å². The normalized spacial score (nSPS) is 13.2. The zero-order valence-corrected chi connectivity index (χ0v) is 12.6. The molecule has 0 aliphatic heterocycles. The van der Waals surface area contributed by atoms with E-state index in [-0.39, 0.29) is 5.33 Å². The summed E-state index contributed by atoms with van der Waals surface area (Å²) in [5.74, 6) is -5.31. The molecule has 0 bridgehead atoms. The Balaban J connectivity index is 3.22. The fourth-order valence-electron chi connectivity index (χ4n) is 1.44. The molecule has 3 nitrogen and oxygen atoms in total. The molecule has 0 fully saturated rings. The van der Waals surface area contributed by atoms with Crippen molar-refractivity contribution in [3.63, 3.8) is 0 Å². The standard InChI is InChI=1S/C11H10Br2F3NO2/c12-4-9(19)17-10(11(15,16)5-18)7-3-6(13)1-2-8(7)14/h1-3,10,18H,4-5H2,(H,17,19). The Morgan fingerprint density at radius 1 is 1.47 bits per heavy atom. The van der Waals surface area contributed by atoms with Crippen molar-refractivity contribution in [1.29, 1.82) is 0 Å². The first-order valence-electron chi connectivity index (χ1n) is 5.10. The third-order valence-corrected chi connectivity index (χ3v) is 3.33. The maximum atomic E-state index is 13.6. The van der Waals surface area contributed by atoms with Crippen LogP contribution in [0.1, 0.15) is 11.6 Å². The number of hydrogen-bond acceptors (Lipinski definition) is 2. The van der Waals surface area contributed by atoms with Crippen LogP contribution in [0.2, 0.25) is 0 Å². The average molecular weight is 405 g/mol. The van der Waals surface area contributed by atoms with Gasteiger partial charge in [0.25, 0.3) is 5.92 Å². The minimum Gasteiger partial charge on any atom is -0.390 e. The summed E-state index contributed by atoms with van der Waals surface area (Å²) in [6, 6.07) is 1.54. The number of carbonyl (C=O) groups excluding carboxylic acids is 1. The molecule has 1 aromatic carbocycles. The lowest BCUT2D eigenvalue weighted by molar-refractivity contribution is -0.126. The minimum absolute atomic E-state index is 0.208. The van der Waals surface area contributed by atoms with E-state index < -0.39 is 35.9 Å². The van der Waals surface area contributed by atoms with Crippen LogP contribution in [0.15, 0.2) is 22.7 Å². The van der Waals surface area contributed by atoms with E-state index in [0.29, 0.717) is 4.47 Å². The van der Waals surface area contributed by atoms with Crippen LogP contribution in [-0.4, -0.2) is 28.9 Å². The van der Waals surface area contributed by atoms with Crippen LogP contribution in [0.25, 0.3) is 0 Å². The molecular formula is C11H10Br2F3NO2. The molecule has 2 N–H and O–H groups in total. The fourth-order valence-corrected chi connectivity index (χ4v) is 1.98.